The summed E-state index contributed by atoms with van der Waals surface area (Å²) in [6.07, 6.45) is 6.44. The fourth-order valence-corrected chi connectivity index (χ4v) is 6.68. The van der Waals surface area contributed by atoms with E-state index in [2.05, 4.69) is 29.3 Å². The molecule has 2 aromatic heterocycles. The summed E-state index contributed by atoms with van der Waals surface area (Å²) in [5, 5.41) is 1.99. The van der Waals surface area contributed by atoms with E-state index in [1.165, 1.54) is 12.8 Å². The minimum Gasteiger partial charge on any atom is -0.376 e. The molecule has 2 aromatic rings. The molecule has 1 aliphatic carbocycles. The number of rotatable bonds is 7. The van der Waals surface area contributed by atoms with Crippen LogP contribution in [0.2, 0.25) is 0 Å². The van der Waals surface area contributed by atoms with Crippen LogP contribution in [0.5, 0.6) is 0 Å². The fraction of sp³-hybridized carbons (Fsp3) is 0.524. The van der Waals surface area contributed by atoms with E-state index >= 15 is 0 Å². The largest absolute Gasteiger partial charge is 0.376 e. The predicted octanol–water partition coefficient (Wildman–Crippen LogP) is 5.25. The summed E-state index contributed by atoms with van der Waals surface area (Å²) < 4.78 is 10.6. The van der Waals surface area contributed by atoms with Gasteiger partial charge in [-0.1, -0.05) is 6.58 Å². The third kappa shape index (κ3) is 4.05. The number of thiazole rings is 1. The van der Waals surface area contributed by atoms with E-state index < -0.39 is 0 Å². The lowest BCUT2D eigenvalue weighted by Crippen LogP contribution is -2.48. The van der Waals surface area contributed by atoms with Crippen molar-refractivity contribution in [2.24, 2.45) is 0 Å². The number of carbonyl (C=O) groups is 1. The molecule has 3 aliphatic rings. The van der Waals surface area contributed by atoms with Crippen molar-refractivity contribution in [2.75, 3.05) is 18.1 Å². The van der Waals surface area contributed by atoms with Gasteiger partial charge in [0.2, 0.25) is 0 Å². The van der Waals surface area contributed by atoms with E-state index in [1.54, 1.807) is 39.5 Å². The highest BCUT2D eigenvalue weighted by atomic mass is 32.2. The first-order valence-electron chi connectivity index (χ1n) is 10.3. The lowest BCUT2D eigenvalue weighted by Gasteiger charge is -2.37. The second-order valence-electron chi connectivity index (χ2n) is 8.46. The van der Waals surface area contributed by atoms with Crippen LogP contribution in [0.15, 0.2) is 23.1 Å². The second-order valence-corrected chi connectivity index (χ2v) is 11.9. The van der Waals surface area contributed by atoms with Gasteiger partial charge in [0.05, 0.1) is 28.4 Å². The molecule has 6 nitrogen and oxygen atoms in total. The van der Waals surface area contributed by atoms with E-state index in [0.29, 0.717) is 13.1 Å². The van der Waals surface area contributed by atoms with Gasteiger partial charge in [-0.2, -0.15) is 0 Å². The summed E-state index contributed by atoms with van der Waals surface area (Å²) in [4.78, 5) is 22.6. The molecule has 30 heavy (non-hydrogen) atoms. The number of nitrogens with one attached hydrogen (secondary N) is 1. The van der Waals surface area contributed by atoms with Crippen LogP contribution in [0.4, 0.5) is 9.80 Å². The van der Waals surface area contributed by atoms with Gasteiger partial charge in [-0.25, -0.2) is 9.78 Å². The average molecular weight is 463 g/mol. The molecule has 0 bridgehead atoms. The Hall–Kier alpha value is -1.39. The van der Waals surface area contributed by atoms with Gasteiger partial charge in [0.15, 0.2) is 0 Å². The maximum atomic E-state index is 13.5. The quantitative estimate of drug-likeness (QED) is 0.569. The Labute approximate surface area is 189 Å². The molecule has 0 spiro atoms. The van der Waals surface area contributed by atoms with Gasteiger partial charge >= 0.3 is 6.03 Å². The number of anilines is 1. The molecule has 4 heterocycles. The Kier molecular flexibility index (Phi) is 5.43. The number of urea groups is 1. The van der Waals surface area contributed by atoms with Crippen LogP contribution < -0.4 is 9.62 Å². The molecule has 160 valence electrons. The number of hydrogen-bond acceptors (Lipinski definition) is 7. The number of nitrogens with zero attached hydrogens (tertiary/aromatic N) is 3. The Morgan fingerprint density at radius 2 is 2.23 bits per heavy atom. The first-order chi connectivity index (χ1) is 14.4. The van der Waals surface area contributed by atoms with Crippen molar-refractivity contribution in [3.63, 3.8) is 0 Å². The van der Waals surface area contributed by atoms with Crippen LogP contribution >= 0.6 is 34.6 Å². The lowest BCUT2D eigenvalue weighted by molar-refractivity contribution is 0.115. The van der Waals surface area contributed by atoms with E-state index in [1.807, 2.05) is 18.0 Å². The molecule has 1 atom stereocenters. The molecule has 2 aliphatic heterocycles. The van der Waals surface area contributed by atoms with E-state index in [0.717, 1.165) is 49.8 Å². The highest BCUT2D eigenvalue weighted by Gasteiger charge is 2.39. The molecule has 1 saturated heterocycles. The zero-order valence-electron chi connectivity index (χ0n) is 17.3. The number of carbonyl (C=O) groups excluding carboxylic acids is 1. The summed E-state index contributed by atoms with van der Waals surface area (Å²) in [5.74, 6) is 0. The second kappa shape index (κ2) is 7.94. The molecule has 1 saturated carbocycles. The Morgan fingerprint density at radius 1 is 1.40 bits per heavy atom. The van der Waals surface area contributed by atoms with Gasteiger partial charge in [-0.15, -0.1) is 22.7 Å². The number of thiophene rings is 1. The SMILES string of the molecule is C=C1c2cc(SNC3(C)CC3)sc2N(CC2CCCO2)C(=O)N1Cc1cnc(C)s1. The topological polar surface area (TPSA) is 57.7 Å². The van der Waals surface area contributed by atoms with E-state index in [4.69, 9.17) is 4.74 Å². The number of aromatic nitrogens is 1. The van der Waals surface area contributed by atoms with Crippen molar-refractivity contribution in [3.05, 3.63) is 34.3 Å². The van der Waals surface area contributed by atoms with Crippen molar-refractivity contribution in [2.45, 2.75) is 61.9 Å². The van der Waals surface area contributed by atoms with Crippen molar-refractivity contribution < 1.29 is 9.53 Å². The van der Waals surface area contributed by atoms with Crippen molar-refractivity contribution in [3.8, 4) is 0 Å². The molecule has 2 fully saturated rings. The molecule has 1 unspecified atom stereocenters. The maximum absolute atomic E-state index is 13.5. The van der Waals surface area contributed by atoms with E-state index in [-0.39, 0.29) is 17.7 Å². The maximum Gasteiger partial charge on any atom is 0.330 e. The fourth-order valence-electron chi connectivity index (χ4n) is 3.72. The summed E-state index contributed by atoms with van der Waals surface area (Å²) >= 11 is 4.96. The first kappa shape index (κ1) is 20.5. The highest BCUT2D eigenvalue weighted by molar-refractivity contribution is 7.99. The van der Waals surface area contributed by atoms with Gasteiger partial charge in [0.1, 0.15) is 5.00 Å². The normalized spacial score (nSPS) is 22.7. The van der Waals surface area contributed by atoms with Gasteiger partial charge in [-0.3, -0.25) is 14.5 Å². The minimum absolute atomic E-state index is 0.0189. The molecule has 0 aromatic carbocycles. The molecule has 0 radical (unpaired) electrons. The number of ether oxygens (including phenoxy) is 1. The van der Waals surface area contributed by atoms with Crippen molar-refractivity contribution >= 4 is 51.4 Å². The molecule has 5 rings (SSSR count). The minimum atomic E-state index is -0.0189. The van der Waals surface area contributed by atoms with Gasteiger partial charge in [0, 0.05) is 34.5 Å². The monoisotopic (exact) mass is 462 g/mol. The van der Waals surface area contributed by atoms with Crippen LogP contribution in [0, 0.1) is 6.92 Å². The first-order valence-corrected chi connectivity index (χ1v) is 12.8. The van der Waals surface area contributed by atoms with Crippen LogP contribution in [-0.2, 0) is 11.3 Å². The van der Waals surface area contributed by atoms with Gasteiger partial charge in [0.25, 0.3) is 0 Å². The number of aryl methyl sites for hydroxylation is 1. The molecular weight excluding hydrogens is 436 g/mol. The summed E-state index contributed by atoms with van der Waals surface area (Å²) in [5.41, 5.74) is 2.06. The Bertz CT molecular complexity index is 975. The van der Waals surface area contributed by atoms with Crippen molar-refractivity contribution in [1.29, 1.82) is 0 Å². The molecule has 9 heteroatoms. The zero-order valence-corrected chi connectivity index (χ0v) is 19.7. The van der Waals surface area contributed by atoms with Crippen LogP contribution in [0.25, 0.3) is 5.70 Å². The van der Waals surface area contributed by atoms with E-state index in [9.17, 15) is 4.79 Å². The molecular formula is C21H26N4O2S3. The molecule has 2 amide bonds. The third-order valence-corrected chi connectivity index (χ3v) is 9.09. The zero-order chi connectivity index (χ0) is 20.9. The van der Waals surface area contributed by atoms with Gasteiger partial charge < -0.3 is 4.74 Å². The lowest BCUT2D eigenvalue weighted by atomic mass is 10.1. The smallest absolute Gasteiger partial charge is 0.330 e. The summed E-state index contributed by atoms with van der Waals surface area (Å²) in [6, 6.07) is 2.15. The third-order valence-electron chi connectivity index (χ3n) is 5.82. The Morgan fingerprint density at radius 3 is 2.90 bits per heavy atom. The van der Waals surface area contributed by atoms with Crippen LogP contribution in [0.3, 0.4) is 0 Å². The standard InChI is InChI=1S/C21H26N4O2S3/c1-13-17-9-18(30-23-21(3)6-7-21)29-19(17)25(11-15-5-4-8-27-15)20(26)24(13)12-16-10-22-14(2)28-16/h9-10,15,23H,1,4-8,11-12H2,2-3H3. The van der Waals surface area contributed by atoms with Crippen molar-refractivity contribution in [1.82, 2.24) is 14.6 Å². The predicted molar refractivity (Wildman–Crippen MR) is 124 cm³/mol. The number of amides is 2. The number of fused-ring (bicyclic) bond motifs is 1. The average Bonchev–Trinajstić information content (AvgIpc) is 3.16. The summed E-state index contributed by atoms with van der Waals surface area (Å²) in [7, 11) is 0. The Balaban J connectivity index is 1.43. The van der Waals surface area contributed by atoms with Gasteiger partial charge in [-0.05, 0) is 57.5 Å². The molecule has 1 N–H and O–H groups in total. The highest BCUT2D eigenvalue weighted by Crippen LogP contribution is 2.46. The van der Waals surface area contributed by atoms with Crippen LogP contribution in [-0.4, -0.2) is 40.7 Å². The van der Waals surface area contributed by atoms with Crippen LogP contribution in [0.1, 0.15) is 48.1 Å². The number of hydrogen-bond donors (Lipinski definition) is 1. The summed E-state index contributed by atoms with van der Waals surface area (Å²) in [6.45, 7) is 10.4.